The minimum atomic E-state index is 0.224. The molecule has 5 heteroatoms. The molecule has 1 aromatic rings. The number of nitriles is 1. The lowest BCUT2D eigenvalue weighted by molar-refractivity contribution is 0.724. The number of aromatic nitrogens is 4. The Bertz CT molecular complexity index is 255. The Morgan fingerprint density at radius 3 is 2.60 bits per heavy atom. The zero-order valence-corrected chi connectivity index (χ0v) is 5.81. The highest BCUT2D eigenvalue weighted by Crippen LogP contribution is 2.04. The van der Waals surface area contributed by atoms with Crippen molar-refractivity contribution in [3.8, 4) is 6.19 Å². The van der Waals surface area contributed by atoms with Gasteiger partial charge in [-0.2, -0.15) is 5.26 Å². The second-order valence-corrected chi connectivity index (χ2v) is 2.19. The van der Waals surface area contributed by atoms with Gasteiger partial charge >= 0.3 is 0 Å². The molecule has 0 radical (unpaired) electrons. The second kappa shape index (κ2) is 2.43. The van der Waals surface area contributed by atoms with Gasteiger partial charge in [0.25, 0.3) is 0 Å². The van der Waals surface area contributed by atoms with Crippen molar-refractivity contribution < 1.29 is 0 Å². The van der Waals surface area contributed by atoms with Gasteiger partial charge in [-0.25, -0.2) is 0 Å². The molecule has 1 aromatic heterocycles. The minimum absolute atomic E-state index is 0.224. The molecule has 0 atom stereocenters. The van der Waals surface area contributed by atoms with Gasteiger partial charge in [0.2, 0.25) is 6.19 Å². The summed E-state index contributed by atoms with van der Waals surface area (Å²) in [7, 11) is 0. The smallest absolute Gasteiger partial charge is 0.169 e. The Morgan fingerprint density at radius 1 is 1.60 bits per heavy atom. The molecule has 0 saturated carbocycles. The van der Waals surface area contributed by atoms with Gasteiger partial charge in [-0.05, 0) is 5.21 Å². The van der Waals surface area contributed by atoms with E-state index >= 15 is 0 Å². The summed E-state index contributed by atoms with van der Waals surface area (Å²) >= 11 is 0. The zero-order valence-electron chi connectivity index (χ0n) is 5.81. The van der Waals surface area contributed by atoms with Gasteiger partial charge in [-0.15, -0.1) is 10.2 Å². The van der Waals surface area contributed by atoms with E-state index in [1.54, 1.807) is 6.19 Å². The Hall–Kier alpha value is -1.44. The third-order valence-electron chi connectivity index (χ3n) is 1.03. The molecule has 52 valence electrons. The van der Waals surface area contributed by atoms with Crippen LogP contribution in [-0.2, 0) is 0 Å². The fourth-order valence-electron chi connectivity index (χ4n) is 0.499. The number of hydrogen-bond acceptors (Lipinski definition) is 4. The third-order valence-corrected chi connectivity index (χ3v) is 1.03. The van der Waals surface area contributed by atoms with E-state index < -0.39 is 0 Å². The van der Waals surface area contributed by atoms with Crippen LogP contribution in [0.2, 0.25) is 0 Å². The van der Waals surface area contributed by atoms with Gasteiger partial charge in [0, 0.05) is 5.92 Å². The lowest BCUT2D eigenvalue weighted by Crippen LogP contribution is -1.94. The van der Waals surface area contributed by atoms with Crippen LogP contribution in [-0.4, -0.2) is 20.2 Å². The topological polar surface area (TPSA) is 67.4 Å². The molecule has 0 aliphatic rings. The minimum Gasteiger partial charge on any atom is -0.169 e. The first-order chi connectivity index (χ1) is 4.74. The standard InChI is InChI=1S/C5H7N5/c1-4(2)5-7-9-10(3-6)8-5/h4H,1-2H3. The monoisotopic (exact) mass is 137 g/mol. The van der Waals surface area contributed by atoms with Crippen LogP contribution in [0.25, 0.3) is 0 Å². The van der Waals surface area contributed by atoms with E-state index in [4.69, 9.17) is 5.26 Å². The maximum atomic E-state index is 8.28. The predicted molar refractivity (Wildman–Crippen MR) is 32.9 cm³/mol. The largest absolute Gasteiger partial charge is 0.226 e. The van der Waals surface area contributed by atoms with Crippen LogP contribution in [0.5, 0.6) is 0 Å². The molecule has 10 heavy (non-hydrogen) atoms. The molecule has 0 amide bonds. The molecule has 0 spiro atoms. The Kier molecular flexibility index (Phi) is 1.63. The van der Waals surface area contributed by atoms with E-state index in [1.807, 2.05) is 13.8 Å². The molecular formula is C5H7N5. The van der Waals surface area contributed by atoms with E-state index in [0.717, 1.165) is 4.80 Å². The summed E-state index contributed by atoms with van der Waals surface area (Å²) < 4.78 is 0. The first-order valence-corrected chi connectivity index (χ1v) is 2.94. The summed E-state index contributed by atoms with van der Waals surface area (Å²) in [5, 5.41) is 19.2. The summed E-state index contributed by atoms with van der Waals surface area (Å²) in [4.78, 5) is 0.898. The first kappa shape index (κ1) is 6.68. The van der Waals surface area contributed by atoms with Gasteiger partial charge in [0.05, 0.1) is 0 Å². The number of rotatable bonds is 1. The molecule has 0 aliphatic carbocycles. The van der Waals surface area contributed by atoms with Crippen LogP contribution in [0, 0.1) is 11.5 Å². The summed E-state index contributed by atoms with van der Waals surface area (Å²) in [6.07, 6.45) is 1.73. The van der Waals surface area contributed by atoms with Crippen LogP contribution in [0.15, 0.2) is 0 Å². The molecule has 5 nitrogen and oxygen atoms in total. The number of nitrogens with zero attached hydrogens (tertiary/aromatic N) is 5. The molecule has 0 unspecified atom stereocenters. The quantitative estimate of drug-likeness (QED) is 0.551. The van der Waals surface area contributed by atoms with Crippen molar-refractivity contribution in [1.82, 2.24) is 20.2 Å². The fraction of sp³-hybridized carbons (Fsp3) is 0.600. The van der Waals surface area contributed by atoms with E-state index in [2.05, 4.69) is 15.4 Å². The first-order valence-electron chi connectivity index (χ1n) is 2.94. The van der Waals surface area contributed by atoms with Crippen molar-refractivity contribution in [3.63, 3.8) is 0 Å². The van der Waals surface area contributed by atoms with Crippen molar-refractivity contribution in [2.45, 2.75) is 19.8 Å². The fourth-order valence-corrected chi connectivity index (χ4v) is 0.499. The summed E-state index contributed by atoms with van der Waals surface area (Å²) in [5.74, 6) is 0.823. The molecular weight excluding hydrogens is 130 g/mol. The Labute approximate surface area is 58.3 Å². The number of hydrogen-bond donors (Lipinski definition) is 0. The lowest BCUT2D eigenvalue weighted by atomic mass is 10.2. The molecule has 0 fully saturated rings. The van der Waals surface area contributed by atoms with Gasteiger partial charge in [-0.1, -0.05) is 18.6 Å². The van der Waals surface area contributed by atoms with Crippen molar-refractivity contribution in [1.29, 1.82) is 5.26 Å². The van der Waals surface area contributed by atoms with Crippen molar-refractivity contribution in [2.75, 3.05) is 0 Å². The van der Waals surface area contributed by atoms with Gasteiger partial charge in [0.1, 0.15) is 0 Å². The Balaban J connectivity index is 2.91. The molecule has 0 aliphatic heterocycles. The van der Waals surface area contributed by atoms with Gasteiger partial charge in [-0.3, -0.25) is 0 Å². The van der Waals surface area contributed by atoms with Crippen LogP contribution in [0.1, 0.15) is 25.6 Å². The highest BCUT2D eigenvalue weighted by atomic mass is 15.6. The molecule has 0 bridgehead atoms. The SMILES string of the molecule is CC(C)c1nnn(C#N)n1. The predicted octanol–water partition coefficient (Wildman–Crippen LogP) is 0.126. The van der Waals surface area contributed by atoms with Crippen LogP contribution in [0.4, 0.5) is 0 Å². The highest BCUT2D eigenvalue weighted by Gasteiger charge is 2.04. The normalized spacial score (nSPS) is 9.80. The average Bonchev–Trinajstić information content (AvgIpc) is 2.34. The molecule has 1 heterocycles. The van der Waals surface area contributed by atoms with E-state index in [1.165, 1.54) is 0 Å². The average molecular weight is 137 g/mol. The Morgan fingerprint density at radius 2 is 2.30 bits per heavy atom. The van der Waals surface area contributed by atoms with Crippen molar-refractivity contribution >= 4 is 0 Å². The van der Waals surface area contributed by atoms with Crippen LogP contribution < -0.4 is 0 Å². The van der Waals surface area contributed by atoms with Crippen LogP contribution in [0.3, 0.4) is 0 Å². The third kappa shape index (κ3) is 1.10. The van der Waals surface area contributed by atoms with Gasteiger partial charge in [0.15, 0.2) is 5.82 Å². The lowest BCUT2D eigenvalue weighted by Gasteiger charge is -1.90. The molecule has 1 rings (SSSR count). The van der Waals surface area contributed by atoms with E-state index in [-0.39, 0.29) is 5.92 Å². The molecule has 0 saturated heterocycles. The maximum absolute atomic E-state index is 8.28. The van der Waals surface area contributed by atoms with Gasteiger partial charge < -0.3 is 0 Å². The van der Waals surface area contributed by atoms with Crippen LogP contribution >= 0.6 is 0 Å². The molecule has 0 aromatic carbocycles. The van der Waals surface area contributed by atoms with Crippen molar-refractivity contribution in [3.05, 3.63) is 5.82 Å². The zero-order chi connectivity index (χ0) is 7.56. The summed E-state index contributed by atoms with van der Waals surface area (Å²) in [6.45, 7) is 3.89. The highest BCUT2D eigenvalue weighted by molar-refractivity contribution is 4.86. The maximum Gasteiger partial charge on any atom is 0.226 e. The molecule has 0 N–H and O–H groups in total. The number of tetrazole rings is 1. The van der Waals surface area contributed by atoms with E-state index in [9.17, 15) is 0 Å². The summed E-state index contributed by atoms with van der Waals surface area (Å²) in [5.41, 5.74) is 0. The van der Waals surface area contributed by atoms with E-state index in [0.29, 0.717) is 5.82 Å². The summed E-state index contributed by atoms with van der Waals surface area (Å²) in [6, 6.07) is 0. The second-order valence-electron chi connectivity index (χ2n) is 2.19. The van der Waals surface area contributed by atoms with Crippen molar-refractivity contribution in [2.24, 2.45) is 0 Å².